The van der Waals surface area contributed by atoms with Crippen molar-refractivity contribution in [2.45, 2.75) is 4.90 Å². The van der Waals surface area contributed by atoms with Gasteiger partial charge in [-0.25, -0.2) is 4.39 Å². The highest BCUT2D eigenvalue weighted by molar-refractivity contribution is 7.85. The van der Waals surface area contributed by atoms with Gasteiger partial charge in [-0.3, -0.25) is 9.35 Å². The Hall–Kier alpha value is -1.55. The first kappa shape index (κ1) is 15.5. The molecule has 0 heterocycles. The van der Waals surface area contributed by atoms with Crippen LogP contribution in [0.1, 0.15) is 0 Å². The van der Waals surface area contributed by atoms with E-state index in [-0.39, 0.29) is 0 Å². The minimum Gasteiger partial charge on any atom is -0.423 e. The van der Waals surface area contributed by atoms with Crippen molar-refractivity contribution < 1.29 is 37.1 Å². The zero-order chi connectivity index (χ0) is 14.6. The van der Waals surface area contributed by atoms with Crippen molar-refractivity contribution in [3.63, 3.8) is 0 Å². The maximum Gasteiger partial charge on any atom is 0.319 e. The number of ether oxygens (including phenoxy) is 1. The highest BCUT2D eigenvalue weighted by Crippen LogP contribution is 2.21. The Balaban J connectivity index is 2.96. The van der Waals surface area contributed by atoms with Crippen molar-refractivity contribution in [3.8, 4) is 5.75 Å². The van der Waals surface area contributed by atoms with Crippen LogP contribution in [0, 0.1) is 11.7 Å². The lowest BCUT2D eigenvalue weighted by Gasteiger charge is -2.11. The zero-order valence-electron chi connectivity index (χ0n) is 9.48. The van der Waals surface area contributed by atoms with Gasteiger partial charge in [-0.15, -0.1) is 0 Å². The maximum absolute atomic E-state index is 13.4. The molecule has 9 heteroatoms. The normalized spacial score (nSPS) is 11.6. The van der Waals surface area contributed by atoms with Crippen LogP contribution >= 0.6 is 0 Å². The smallest absolute Gasteiger partial charge is 0.319 e. The molecule has 19 heavy (non-hydrogen) atoms. The summed E-state index contributed by atoms with van der Waals surface area (Å²) in [4.78, 5) is 10.6. The molecule has 0 saturated carbocycles. The van der Waals surface area contributed by atoms with Crippen LogP contribution in [0.4, 0.5) is 4.39 Å². The van der Waals surface area contributed by atoms with Gasteiger partial charge in [-0.2, -0.15) is 8.42 Å². The minimum absolute atomic E-state index is 0.477. The topological polar surface area (TPSA) is 121 Å². The lowest BCUT2D eigenvalue weighted by molar-refractivity contribution is -0.141. The second-order valence-corrected chi connectivity index (χ2v) is 4.97. The third-order valence-corrected chi connectivity index (χ3v) is 3.04. The van der Waals surface area contributed by atoms with Gasteiger partial charge in [0.2, 0.25) is 0 Å². The van der Waals surface area contributed by atoms with Gasteiger partial charge in [0, 0.05) is 0 Å². The molecule has 0 unspecified atom stereocenters. The molecule has 106 valence electrons. The third-order valence-electron chi connectivity index (χ3n) is 2.19. The number of esters is 1. The Kier molecular flexibility index (Phi) is 4.95. The number of halogens is 1. The molecule has 7 nitrogen and oxygen atoms in total. The first-order chi connectivity index (χ1) is 8.79. The fourth-order valence-electron chi connectivity index (χ4n) is 1.12. The third kappa shape index (κ3) is 3.96. The standard InChI is InChI=1S/C10H11FO7S/c11-8-3-7(19(15,16)17)1-2-9(8)18-10(14)6(4-12)5-13/h1-3,6,12-13H,4-5H2,(H,15,16,17). The lowest BCUT2D eigenvalue weighted by Crippen LogP contribution is -2.27. The Morgan fingerprint density at radius 3 is 2.32 bits per heavy atom. The summed E-state index contributed by atoms with van der Waals surface area (Å²) in [6.45, 7) is -1.36. The van der Waals surface area contributed by atoms with E-state index in [2.05, 4.69) is 4.74 Å². The molecule has 0 amide bonds. The summed E-state index contributed by atoms with van der Waals surface area (Å²) in [5.41, 5.74) is 0. The van der Waals surface area contributed by atoms with Gasteiger partial charge in [-0.05, 0) is 18.2 Å². The summed E-state index contributed by atoms with van der Waals surface area (Å²) in [6.07, 6.45) is 0. The number of benzene rings is 1. The second-order valence-electron chi connectivity index (χ2n) is 3.55. The van der Waals surface area contributed by atoms with Gasteiger partial charge in [0.25, 0.3) is 10.1 Å². The Morgan fingerprint density at radius 2 is 1.89 bits per heavy atom. The van der Waals surface area contributed by atoms with E-state index < -0.39 is 51.7 Å². The number of carbonyl (C=O) groups is 1. The minimum atomic E-state index is -4.56. The quantitative estimate of drug-likeness (QED) is 0.383. The van der Waals surface area contributed by atoms with E-state index in [0.717, 1.165) is 12.1 Å². The predicted octanol–water partition coefficient (Wildman–Crippen LogP) is -0.421. The summed E-state index contributed by atoms with van der Waals surface area (Å²) < 4.78 is 48.1. The van der Waals surface area contributed by atoms with Crippen LogP contribution in [0.2, 0.25) is 0 Å². The van der Waals surface area contributed by atoms with E-state index in [4.69, 9.17) is 14.8 Å². The van der Waals surface area contributed by atoms with E-state index in [1.54, 1.807) is 0 Å². The first-order valence-electron chi connectivity index (χ1n) is 5.00. The van der Waals surface area contributed by atoms with Crippen molar-refractivity contribution in [3.05, 3.63) is 24.0 Å². The molecule has 1 aromatic rings. The number of rotatable bonds is 5. The van der Waals surface area contributed by atoms with Crippen molar-refractivity contribution in [1.82, 2.24) is 0 Å². The van der Waals surface area contributed by atoms with E-state index in [0.29, 0.717) is 6.07 Å². The van der Waals surface area contributed by atoms with E-state index in [9.17, 15) is 17.6 Å². The number of aliphatic hydroxyl groups is 2. The van der Waals surface area contributed by atoms with Crippen LogP contribution in [-0.4, -0.2) is 42.4 Å². The van der Waals surface area contributed by atoms with Gasteiger partial charge in [0.05, 0.1) is 18.1 Å². The highest BCUT2D eigenvalue weighted by Gasteiger charge is 2.21. The SMILES string of the molecule is O=C(Oc1ccc(S(=O)(=O)O)cc1F)C(CO)CO. The van der Waals surface area contributed by atoms with E-state index in [1.165, 1.54) is 0 Å². The zero-order valence-corrected chi connectivity index (χ0v) is 10.3. The van der Waals surface area contributed by atoms with Gasteiger partial charge < -0.3 is 14.9 Å². The van der Waals surface area contributed by atoms with Gasteiger partial charge in [0.15, 0.2) is 11.6 Å². The van der Waals surface area contributed by atoms with Crippen molar-refractivity contribution in [1.29, 1.82) is 0 Å². The van der Waals surface area contributed by atoms with Crippen LogP contribution in [0.25, 0.3) is 0 Å². The van der Waals surface area contributed by atoms with E-state index in [1.807, 2.05) is 0 Å². The average molecular weight is 294 g/mol. The van der Waals surface area contributed by atoms with Crippen LogP contribution in [0.3, 0.4) is 0 Å². The molecule has 0 radical (unpaired) electrons. The molecule has 0 aliphatic heterocycles. The summed E-state index contributed by atoms with van der Waals surface area (Å²) in [5.74, 6) is -4.05. The van der Waals surface area contributed by atoms with Crippen LogP contribution in [0.15, 0.2) is 23.1 Å². The second kappa shape index (κ2) is 6.06. The summed E-state index contributed by atoms with van der Waals surface area (Å²) in [7, 11) is -4.56. The molecule has 1 rings (SSSR count). The molecular weight excluding hydrogens is 283 g/mol. The van der Waals surface area contributed by atoms with Crippen molar-refractivity contribution in [2.75, 3.05) is 13.2 Å². The van der Waals surface area contributed by atoms with Gasteiger partial charge in [0.1, 0.15) is 5.92 Å². The molecule has 0 spiro atoms. The summed E-state index contributed by atoms with van der Waals surface area (Å²) in [6, 6.07) is 2.15. The van der Waals surface area contributed by atoms with Crippen LogP contribution in [0.5, 0.6) is 5.75 Å². The summed E-state index contributed by atoms with van der Waals surface area (Å²) >= 11 is 0. The number of carbonyl (C=O) groups excluding carboxylic acids is 1. The maximum atomic E-state index is 13.4. The average Bonchev–Trinajstić information content (AvgIpc) is 2.32. The predicted molar refractivity (Wildman–Crippen MR) is 59.5 cm³/mol. The number of aliphatic hydroxyl groups excluding tert-OH is 2. The fourth-order valence-corrected chi connectivity index (χ4v) is 1.62. The van der Waals surface area contributed by atoms with Crippen LogP contribution in [-0.2, 0) is 14.9 Å². The largest absolute Gasteiger partial charge is 0.423 e. The number of hydrogen-bond donors (Lipinski definition) is 3. The van der Waals surface area contributed by atoms with Crippen molar-refractivity contribution >= 4 is 16.1 Å². The Labute approximate surface area is 108 Å². The lowest BCUT2D eigenvalue weighted by atomic mass is 10.2. The van der Waals surface area contributed by atoms with Gasteiger partial charge >= 0.3 is 5.97 Å². The molecule has 0 aliphatic carbocycles. The molecule has 3 N–H and O–H groups in total. The molecule has 0 aliphatic rings. The molecular formula is C10H11FO7S. The highest BCUT2D eigenvalue weighted by atomic mass is 32.2. The fraction of sp³-hybridized carbons (Fsp3) is 0.300. The Bertz CT molecular complexity index is 565. The number of hydrogen-bond acceptors (Lipinski definition) is 6. The monoisotopic (exact) mass is 294 g/mol. The molecule has 0 bridgehead atoms. The molecule has 0 saturated heterocycles. The van der Waals surface area contributed by atoms with Crippen molar-refractivity contribution in [2.24, 2.45) is 5.92 Å². The summed E-state index contributed by atoms with van der Waals surface area (Å²) in [5, 5.41) is 17.5. The van der Waals surface area contributed by atoms with Crippen LogP contribution < -0.4 is 4.74 Å². The molecule has 0 aromatic heterocycles. The van der Waals surface area contributed by atoms with Gasteiger partial charge in [-0.1, -0.05) is 0 Å². The van der Waals surface area contributed by atoms with E-state index >= 15 is 0 Å². The molecule has 0 atom stereocenters. The molecule has 0 fully saturated rings. The molecule has 1 aromatic carbocycles. The first-order valence-corrected chi connectivity index (χ1v) is 6.44. The Morgan fingerprint density at radius 1 is 1.32 bits per heavy atom.